The maximum absolute atomic E-state index is 11.2. The molecular formula is C39H28N2O2. The summed E-state index contributed by atoms with van der Waals surface area (Å²) in [5.74, 6) is 2.93. The van der Waals surface area contributed by atoms with Gasteiger partial charge in [0.1, 0.15) is 11.5 Å². The summed E-state index contributed by atoms with van der Waals surface area (Å²) in [5, 5.41) is 22.4. The van der Waals surface area contributed by atoms with Gasteiger partial charge in [-0.25, -0.2) is 0 Å². The Bertz CT molecular complexity index is 1980. The Balaban J connectivity index is 1.66. The van der Waals surface area contributed by atoms with Gasteiger partial charge in [0, 0.05) is 22.3 Å². The van der Waals surface area contributed by atoms with Crippen LogP contribution in [-0.2, 0) is 5.41 Å². The molecule has 0 radical (unpaired) electrons. The van der Waals surface area contributed by atoms with Crippen molar-refractivity contribution in [3.63, 3.8) is 0 Å². The molecule has 43 heavy (non-hydrogen) atoms. The number of nitrogens with two attached hydrogens (primary N) is 2. The van der Waals surface area contributed by atoms with Crippen LogP contribution >= 0.6 is 0 Å². The van der Waals surface area contributed by atoms with Gasteiger partial charge in [-0.05, 0) is 69.3 Å². The van der Waals surface area contributed by atoms with Crippen molar-refractivity contribution in [1.82, 2.24) is 0 Å². The van der Waals surface area contributed by atoms with Gasteiger partial charge in [-0.15, -0.1) is 6.42 Å². The molecule has 206 valence electrons. The van der Waals surface area contributed by atoms with Crippen molar-refractivity contribution in [1.29, 1.82) is 0 Å². The predicted octanol–water partition coefficient (Wildman–Crippen LogP) is 7.94. The maximum Gasteiger partial charge on any atom is 0.146 e. The zero-order valence-corrected chi connectivity index (χ0v) is 23.3. The number of phenols is 2. The lowest BCUT2D eigenvalue weighted by Gasteiger charge is -2.35. The third-order valence-corrected chi connectivity index (χ3v) is 8.54. The lowest BCUT2D eigenvalue weighted by molar-refractivity contribution is 0.479. The molecule has 0 saturated carbocycles. The molecule has 0 unspecified atom stereocenters. The second kappa shape index (κ2) is 9.87. The minimum atomic E-state index is -0.935. The molecule has 1 aliphatic rings. The molecule has 0 atom stereocenters. The summed E-state index contributed by atoms with van der Waals surface area (Å²) in [6.07, 6.45) is 6.08. The first-order valence-corrected chi connectivity index (χ1v) is 14.0. The molecule has 0 fully saturated rings. The third kappa shape index (κ3) is 3.80. The number of fused-ring (bicyclic) bond motifs is 3. The van der Waals surface area contributed by atoms with E-state index in [0.717, 1.165) is 50.1 Å². The second-order valence-corrected chi connectivity index (χ2v) is 10.8. The van der Waals surface area contributed by atoms with Crippen LogP contribution in [-0.4, -0.2) is 10.2 Å². The van der Waals surface area contributed by atoms with Crippen molar-refractivity contribution < 1.29 is 10.2 Å². The number of hydrogen-bond donors (Lipinski definition) is 4. The number of rotatable bonds is 4. The molecule has 0 amide bonds. The van der Waals surface area contributed by atoms with E-state index in [0.29, 0.717) is 11.1 Å². The number of aromatic hydroxyl groups is 2. The van der Waals surface area contributed by atoms with Crippen molar-refractivity contribution in [3.8, 4) is 57.2 Å². The molecule has 0 aromatic heterocycles. The van der Waals surface area contributed by atoms with E-state index in [1.165, 1.54) is 0 Å². The van der Waals surface area contributed by atoms with E-state index in [-0.39, 0.29) is 22.9 Å². The van der Waals surface area contributed by atoms with E-state index in [4.69, 9.17) is 17.9 Å². The van der Waals surface area contributed by atoms with E-state index in [1.807, 2.05) is 109 Å². The fourth-order valence-electron chi connectivity index (χ4n) is 6.66. The monoisotopic (exact) mass is 556 g/mol. The Morgan fingerprint density at radius 2 is 1.02 bits per heavy atom. The Morgan fingerprint density at radius 3 is 1.56 bits per heavy atom. The highest BCUT2D eigenvalue weighted by atomic mass is 16.3. The normalized spacial score (nSPS) is 12.7. The summed E-state index contributed by atoms with van der Waals surface area (Å²) in [7, 11) is 0. The SMILES string of the molecule is C#Cc1cccc2c1-c1ccccc1C2(c1cc(N)c(O)c(-c2ccccc2)c1)c1cc(N)c(O)c(-c2ccccc2)c1. The average Bonchev–Trinajstić information content (AvgIpc) is 3.36. The molecule has 0 bridgehead atoms. The largest absolute Gasteiger partial charge is 0.505 e. The van der Waals surface area contributed by atoms with Crippen molar-refractivity contribution in [2.45, 2.75) is 5.41 Å². The molecular weight excluding hydrogens is 528 g/mol. The van der Waals surface area contributed by atoms with E-state index in [9.17, 15) is 10.2 Å². The van der Waals surface area contributed by atoms with Crippen LogP contribution in [0.15, 0.2) is 127 Å². The van der Waals surface area contributed by atoms with Gasteiger partial charge in [-0.2, -0.15) is 0 Å². The number of anilines is 2. The summed E-state index contributed by atoms with van der Waals surface area (Å²) in [6.45, 7) is 0. The first-order valence-electron chi connectivity index (χ1n) is 14.0. The summed E-state index contributed by atoms with van der Waals surface area (Å²) < 4.78 is 0. The Labute approximate surface area is 250 Å². The molecule has 0 spiro atoms. The molecule has 6 N–H and O–H groups in total. The topological polar surface area (TPSA) is 92.5 Å². The van der Waals surface area contributed by atoms with E-state index in [1.54, 1.807) is 0 Å². The van der Waals surface area contributed by atoms with Crippen LogP contribution in [0, 0.1) is 12.3 Å². The predicted molar refractivity (Wildman–Crippen MR) is 175 cm³/mol. The molecule has 7 rings (SSSR count). The second-order valence-electron chi connectivity index (χ2n) is 10.8. The van der Waals surface area contributed by atoms with Crippen LogP contribution in [0.4, 0.5) is 11.4 Å². The lowest BCUT2D eigenvalue weighted by Crippen LogP contribution is -2.29. The molecule has 6 aromatic rings. The van der Waals surface area contributed by atoms with Crippen LogP contribution in [0.5, 0.6) is 11.5 Å². The van der Waals surface area contributed by atoms with Crippen molar-refractivity contribution >= 4 is 11.4 Å². The molecule has 0 saturated heterocycles. The summed E-state index contributed by atoms with van der Waals surface area (Å²) in [5.41, 5.74) is 22.0. The molecule has 6 aromatic carbocycles. The summed E-state index contributed by atoms with van der Waals surface area (Å²) in [6, 6.07) is 41.3. The summed E-state index contributed by atoms with van der Waals surface area (Å²) in [4.78, 5) is 0. The molecule has 0 aliphatic heterocycles. The number of nitrogen functional groups attached to an aromatic ring is 2. The lowest BCUT2D eigenvalue weighted by atomic mass is 9.66. The highest BCUT2D eigenvalue weighted by Crippen LogP contribution is 2.59. The minimum absolute atomic E-state index is 0.0178. The van der Waals surface area contributed by atoms with Gasteiger partial charge in [-0.1, -0.05) is 103 Å². The van der Waals surface area contributed by atoms with Gasteiger partial charge < -0.3 is 21.7 Å². The fraction of sp³-hybridized carbons (Fsp3) is 0.0256. The minimum Gasteiger partial charge on any atom is -0.505 e. The first kappa shape index (κ1) is 26.0. The molecule has 0 heterocycles. The van der Waals surface area contributed by atoms with Crippen molar-refractivity contribution in [2.75, 3.05) is 11.5 Å². The third-order valence-electron chi connectivity index (χ3n) is 8.54. The van der Waals surface area contributed by atoms with Crippen LogP contribution in [0.1, 0.15) is 27.8 Å². The average molecular weight is 557 g/mol. The molecule has 1 aliphatic carbocycles. The number of hydrogen-bond acceptors (Lipinski definition) is 4. The first-order chi connectivity index (χ1) is 20.9. The zero-order chi connectivity index (χ0) is 29.7. The number of terminal acetylenes is 1. The van der Waals surface area contributed by atoms with Gasteiger partial charge in [0.2, 0.25) is 0 Å². The number of benzene rings is 6. The van der Waals surface area contributed by atoms with Gasteiger partial charge in [0.05, 0.1) is 16.8 Å². The Morgan fingerprint density at radius 1 is 0.535 bits per heavy atom. The highest BCUT2D eigenvalue weighted by Gasteiger charge is 2.47. The van der Waals surface area contributed by atoms with Crippen LogP contribution in [0.2, 0.25) is 0 Å². The molecule has 4 heteroatoms. The molecule has 4 nitrogen and oxygen atoms in total. The van der Waals surface area contributed by atoms with Crippen molar-refractivity contribution in [2.24, 2.45) is 0 Å². The maximum atomic E-state index is 11.2. The smallest absolute Gasteiger partial charge is 0.146 e. The quantitative estimate of drug-likeness (QED) is 0.101. The van der Waals surface area contributed by atoms with Crippen molar-refractivity contribution in [3.05, 3.63) is 155 Å². The van der Waals surface area contributed by atoms with Crippen LogP contribution < -0.4 is 11.5 Å². The van der Waals surface area contributed by atoms with Gasteiger partial charge in [0.25, 0.3) is 0 Å². The van der Waals surface area contributed by atoms with E-state index in [2.05, 4.69) is 24.1 Å². The van der Waals surface area contributed by atoms with Gasteiger partial charge in [0.15, 0.2) is 0 Å². The zero-order valence-electron chi connectivity index (χ0n) is 23.3. The van der Waals surface area contributed by atoms with Gasteiger partial charge in [-0.3, -0.25) is 0 Å². The highest BCUT2D eigenvalue weighted by molar-refractivity contribution is 5.92. The standard InChI is InChI=1S/C39H28N2O2/c1-2-24-16-11-19-33-36(24)29-17-9-10-18-32(29)39(33,27-20-30(37(42)34(40)22-27)25-12-5-3-6-13-25)28-21-31(38(43)35(41)23-28)26-14-7-4-8-15-26/h1,3-23,42-43H,40-41H2. The van der Waals surface area contributed by atoms with Crippen LogP contribution in [0.25, 0.3) is 33.4 Å². The number of phenolic OH excluding ortho intramolecular Hbond substituents is 2. The fourth-order valence-corrected chi connectivity index (χ4v) is 6.66. The Hall–Kier alpha value is -5.92. The van der Waals surface area contributed by atoms with E-state index < -0.39 is 5.41 Å². The van der Waals surface area contributed by atoms with Gasteiger partial charge >= 0.3 is 0 Å². The van der Waals surface area contributed by atoms with E-state index >= 15 is 0 Å². The summed E-state index contributed by atoms with van der Waals surface area (Å²) >= 11 is 0. The van der Waals surface area contributed by atoms with Crippen LogP contribution in [0.3, 0.4) is 0 Å². The Kier molecular flexibility index (Phi) is 5.97.